The number of amides is 3. The molecule has 35 heavy (non-hydrogen) atoms. The molecule has 2 aromatic carbocycles. The van der Waals surface area contributed by atoms with Gasteiger partial charge in [-0.15, -0.1) is 0 Å². The minimum atomic E-state index is -0.381. The van der Waals surface area contributed by atoms with Gasteiger partial charge in [-0.2, -0.15) is 0 Å². The topological polar surface area (TPSA) is 103 Å². The molecular formula is C25H26N2O7S. The quantitative estimate of drug-likeness (QED) is 0.368. The third-order valence-electron chi connectivity index (χ3n) is 5.18. The van der Waals surface area contributed by atoms with Crippen molar-refractivity contribution in [3.05, 3.63) is 52.9 Å². The summed E-state index contributed by atoms with van der Waals surface area (Å²) < 4.78 is 21.9. The van der Waals surface area contributed by atoms with Crippen molar-refractivity contribution in [3.8, 4) is 23.0 Å². The number of benzene rings is 2. The Bertz CT molecular complexity index is 1130. The maximum atomic E-state index is 12.7. The molecule has 0 saturated carbocycles. The molecule has 9 nitrogen and oxygen atoms in total. The van der Waals surface area contributed by atoms with Crippen molar-refractivity contribution in [3.63, 3.8) is 0 Å². The summed E-state index contributed by atoms with van der Waals surface area (Å²) in [7, 11) is 0. The average Bonchev–Trinajstić information content (AvgIpc) is 3.42. The van der Waals surface area contributed by atoms with Crippen LogP contribution in [0.3, 0.4) is 0 Å². The molecule has 2 aromatic rings. The summed E-state index contributed by atoms with van der Waals surface area (Å²) in [6.45, 7) is 3.26. The summed E-state index contributed by atoms with van der Waals surface area (Å²) in [4.78, 5) is 38.6. The van der Waals surface area contributed by atoms with Gasteiger partial charge in [0.05, 0.1) is 18.1 Å². The largest absolute Gasteiger partial charge is 0.490 e. The molecule has 2 heterocycles. The Kier molecular flexibility index (Phi) is 8.15. The second-order valence-electron chi connectivity index (χ2n) is 7.63. The predicted octanol–water partition coefficient (Wildman–Crippen LogP) is 3.83. The lowest BCUT2D eigenvalue weighted by Gasteiger charge is -2.13. The first-order valence-electron chi connectivity index (χ1n) is 11.3. The second-order valence-corrected chi connectivity index (χ2v) is 8.62. The van der Waals surface area contributed by atoms with Crippen molar-refractivity contribution in [2.24, 2.45) is 0 Å². The summed E-state index contributed by atoms with van der Waals surface area (Å²) in [6, 6.07) is 12.7. The molecule has 0 spiro atoms. The van der Waals surface area contributed by atoms with Gasteiger partial charge in [-0.3, -0.25) is 19.3 Å². The van der Waals surface area contributed by atoms with Crippen molar-refractivity contribution >= 4 is 34.9 Å². The maximum Gasteiger partial charge on any atom is 0.293 e. The summed E-state index contributed by atoms with van der Waals surface area (Å²) in [5.74, 6) is 2.01. The van der Waals surface area contributed by atoms with E-state index in [4.69, 9.17) is 18.9 Å². The van der Waals surface area contributed by atoms with Crippen LogP contribution in [0.5, 0.6) is 23.0 Å². The highest BCUT2D eigenvalue weighted by Crippen LogP contribution is 2.36. The highest BCUT2D eigenvalue weighted by molar-refractivity contribution is 8.18. The number of hydrogen-bond donors (Lipinski definition) is 1. The van der Waals surface area contributed by atoms with Crippen LogP contribution in [0.4, 0.5) is 4.79 Å². The van der Waals surface area contributed by atoms with Gasteiger partial charge in [0.2, 0.25) is 12.7 Å². The van der Waals surface area contributed by atoms with Crippen LogP contribution < -0.4 is 24.3 Å². The molecule has 0 aromatic heterocycles. The molecule has 0 atom stereocenters. The van der Waals surface area contributed by atoms with Crippen LogP contribution in [0.1, 0.15) is 25.3 Å². The van der Waals surface area contributed by atoms with E-state index >= 15 is 0 Å². The Morgan fingerprint density at radius 3 is 2.69 bits per heavy atom. The summed E-state index contributed by atoms with van der Waals surface area (Å²) in [6.07, 6.45) is 2.43. The summed E-state index contributed by atoms with van der Waals surface area (Å²) in [5, 5.41) is 2.39. The van der Waals surface area contributed by atoms with Crippen molar-refractivity contribution < 1.29 is 33.3 Å². The number of fused-ring (bicyclic) bond motifs is 1. The number of para-hydroxylation sites is 2. The van der Waals surface area contributed by atoms with E-state index in [1.54, 1.807) is 24.3 Å². The van der Waals surface area contributed by atoms with E-state index in [-0.39, 0.29) is 43.4 Å². The highest BCUT2D eigenvalue weighted by Gasteiger charge is 2.34. The summed E-state index contributed by atoms with van der Waals surface area (Å²) in [5.41, 5.74) is 0.735. The zero-order valence-electron chi connectivity index (χ0n) is 19.3. The van der Waals surface area contributed by atoms with Gasteiger partial charge in [-0.1, -0.05) is 18.2 Å². The number of carbonyl (C=O) groups excluding carboxylic acids is 3. The van der Waals surface area contributed by atoms with Crippen LogP contribution in [-0.2, 0) is 9.59 Å². The zero-order chi connectivity index (χ0) is 24.6. The summed E-state index contributed by atoms with van der Waals surface area (Å²) >= 11 is 0.875. The molecule has 0 unspecified atom stereocenters. The van der Waals surface area contributed by atoms with Crippen molar-refractivity contribution in [2.45, 2.75) is 19.8 Å². The fourth-order valence-corrected chi connectivity index (χ4v) is 4.37. The molecule has 1 saturated heterocycles. The fourth-order valence-electron chi connectivity index (χ4n) is 3.50. The number of imide groups is 1. The molecule has 184 valence electrons. The lowest BCUT2D eigenvalue weighted by atomic mass is 10.2. The van der Waals surface area contributed by atoms with Crippen LogP contribution >= 0.6 is 11.8 Å². The van der Waals surface area contributed by atoms with Crippen LogP contribution in [0, 0.1) is 0 Å². The Morgan fingerprint density at radius 1 is 1.11 bits per heavy atom. The van der Waals surface area contributed by atoms with E-state index in [9.17, 15) is 14.4 Å². The monoisotopic (exact) mass is 498 g/mol. The van der Waals surface area contributed by atoms with Crippen LogP contribution in [0.25, 0.3) is 6.08 Å². The van der Waals surface area contributed by atoms with Crippen LogP contribution in [-0.4, -0.2) is 55.0 Å². The predicted molar refractivity (Wildman–Crippen MR) is 131 cm³/mol. The molecule has 2 aliphatic rings. The number of nitrogens with one attached hydrogen (secondary N) is 1. The molecule has 2 aliphatic heterocycles. The van der Waals surface area contributed by atoms with Crippen LogP contribution in [0.15, 0.2) is 47.4 Å². The number of thioether (sulfide) groups is 1. The Labute approximate surface area is 207 Å². The van der Waals surface area contributed by atoms with E-state index in [1.807, 2.05) is 31.2 Å². The molecule has 1 fully saturated rings. The van der Waals surface area contributed by atoms with Gasteiger partial charge >= 0.3 is 0 Å². The number of ether oxygens (including phenoxy) is 4. The van der Waals surface area contributed by atoms with Gasteiger partial charge in [-0.25, -0.2) is 0 Å². The molecule has 10 heteroatoms. The number of nitrogens with zero attached hydrogens (tertiary/aromatic N) is 1. The van der Waals surface area contributed by atoms with Gasteiger partial charge in [0, 0.05) is 19.5 Å². The molecule has 3 amide bonds. The zero-order valence-corrected chi connectivity index (χ0v) is 20.1. The van der Waals surface area contributed by atoms with Gasteiger partial charge in [-0.05, 0) is 61.0 Å². The first kappa shape index (κ1) is 24.5. The Morgan fingerprint density at radius 2 is 1.89 bits per heavy atom. The third kappa shape index (κ3) is 6.27. The maximum absolute atomic E-state index is 12.7. The van der Waals surface area contributed by atoms with Crippen molar-refractivity contribution in [2.75, 3.05) is 33.1 Å². The average molecular weight is 499 g/mol. The second kappa shape index (κ2) is 11.7. The molecule has 1 N–H and O–H groups in total. The van der Waals surface area contributed by atoms with Crippen molar-refractivity contribution in [1.82, 2.24) is 10.2 Å². The molecular weight excluding hydrogens is 472 g/mol. The van der Waals surface area contributed by atoms with E-state index in [0.29, 0.717) is 47.5 Å². The van der Waals surface area contributed by atoms with E-state index in [2.05, 4.69) is 5.32 Å². The van der Waals surface area contributed by atoms with Gasteiger partial charge < -0.3 is 24.3 Å². The van der Waals surface area contributed by atoms with Gasteiger partial charge in [0.1, 0.15) is 0 Å². The normalized spacial score (nSPS) is 15.6. The molecule has 0 bridgehead atoms. The SMILES string of the molecule is CCOc1ccccc1OCCCC(=O)NCCN1C(=O)S/C(=C\c2ccc3c(c2)OCO3)C1=O. The van der Waals surface area contributed by atoms with Crippen molar-refractivity contribution in [1.29, 1.82) is 0 Å². The van der Waals surface area contributed by atoms with Gasteiger partial charge in [0.15, 0.2) is 23.0 Å². The first-order valence-corrected chi connectivity index (χ1v) is 12.1. The van der Waals surface area contributed by atoms with E-state index in [0.717, 1.165) is 22.2 Å². The molecule has 0 aliphatic carbocycles. The number of hydrogen-bond acceptors (Lipinski definition) is 8. The number of carbonyl (C=O) groups is 3. The highest BCUT2D eigenvalue weighted by atomic mass is 32.2. The Hall–Kier alpha value is -3.66. The van der Waals surface area contributed by atoms with E-state index < -0.39 is 0 Å². The molecule has 4 rings (SSSR count). The van der Waals surface area contributed by atoms with Crippen LogP contribution in [0.2, 0.25) is 0 Å². The smallest absolute Gasteiger partial charge is 0.293 e. The minimum Gasteiger partial charge on any atom is -0.490 e. The molecule has 0 radical (unpaired) electrons. The first-order chi connectivity index (χ1) is 17.0. The van der Waals surface area contributed by atoms with Gasteiger partial charge in [0.25, 0.3) is 11.1 Å². The third-order valence-corrected chi connectivity index (χ3v) is 6.09. The lowest BCUT2D eigenvalue weighted by Crippen LogP contribution is -2.37. The fraction of sp³-hybridized carbons (Fsp3) is 0.320. The number of rotatable bonds is 11. The minimum absolute atomic E-state index is 0.104. The lowest BCUT2D eigenvalue weighted by molar-refractivity contribution is -0.124. The standard InChI is InChI=1S/C25H26N2O7S/c1-2-31-18-6-3-4-7-19(18)32-13-5-8-23(28)26-11-12-27-24(29)22(35-25(27)30)15-17-9-10-20-21(14-17)34-16-33-20/h3-4,6-7,9-10,14-15H,2,5,8,11-13,16H2,1H3,(H,26,28)/b22-15-. The van der Waals surface area contributed by atoms with E-state index in [1.165, 1.54) is 0 Å². The Balaban J connectivity index is 1.19.